The van der Waals surface area contributed by atoms with Gasteiger partial charge in [-0.3, -0.25) is 4.79 Å². The highest BCUT2D eigenvalue weighted by molar-refractivity contribution is 6.35. The fraction of sp³-hybridized carbons (Fsp3) is 0.500. The number of halogens is 2. The van der Waals surface area contributed by atoms with Gasteiger partial charge in [-0.2, -0.15) is 0 Å². The summed E-state index contributed by atoms with van der Waals surface area (Å²) in [6.07, 6.45) is 0.722. The van der Waals surface area contributed by atoms with Crippen molar-refractivity contribution in [2.75, 3.05) is 40.1 Å². The van der Waals surface area contributed by atoms with Crippen molar-refractivity contribution < 1.29 is 19.0 Å². The molecule has 0 fully saturated rings. The molecule has 0 unspecified atom stereocenters. The summed E-state index contributed by atoms with van der Waals surface area (Å²) in [6, 6.07) is 4.78. The summed E-state index contributed by atoms with van der Waals surface area (Å²) >= 11 is 11.8. The third-order valence-corrected chi connectivity index (χ3v) is 3.04. The molecule has 0 heterocycles. The van der Waals surface area contributed by atoms with Gasteiger partial charge in [0.2, 0.25) is 0 Å². The van der Waals surface area contributed by atoms with Gasteiger partial charge in [0.25, 0.3) is 0 Å². The molecule has 0 N–H and O–H groups in total. The number of hydrogen-bond donors (Lipinski definition) is 0. The van der Waals surface area contributed by atoms with Crippen molar-refractivity contribution in [3.05, 3.63) is 33.8 Å². The highest BCUT2D eigenvalue weighted by atomic mass is 35.5. The van der Waals surface area contributed by atoms with Crippen LogP contribution in [0.5, 0.6) is 0 Å². The molecular weight excluding hydrogens is 303 g/mol. The van der Waals surface area contributed by atoms with Crippen molar-refractivity contribution in [1.82, 2.24) is 0 Å². The van der Waals surface area contributed by atoms with Gasteiger partial charge >= 0.3 is 0 Å². The number of hydrogen-bond acceptors (Lipinski definition) is 4. The Hall–Kier alpha value is -0.650. The van der Waals surface area contributed by atoms with Crippen LogP contribution < -0.4 is 0 Å². The molecular formula is C14H18Cl2O4. The second-order valence-electron chi connectivity index (χ2n) is 4.06. The molecule has 0 amide bonds. The number of benzene rings is 1. The fourth-order valence-corrected chi connectivity index (χ4v) is 1.86. The zero-order valence-electron chi connectivity index (χ0n) is 11.4. The zero-order chi connectivity index (χ0) is 14.8. The van der Waals surface area contributed by atoms with Gasteiger partial charge in [-0.15, -0.1) is 0 Å². The van der Waals surface area contributed by atoms with E-state index in [2.05, 4.69) is 0 Å². The predicted octanol–water partition coefficient (Wildman–Crippen LogP) is 3.25. The lowest BCUT2D eigenvalue weighted by Crippen LogP contribution is -2.12. The summed E-state index contributed by atoms with van der Waals surface area (Å²) in [5.41, 5.74) is 0.385. The Bertz CT molecular complexity index is 424. The van der Waals surface area contributed by atoms with Crippen LogP contribution in [0.15, 0.2) is 18.2 Å². The van der Waals surface area contributed by atoms with Crippen LogP contribution in [0.25, 0.3) is 0 Å². The minimum atomic E-state index is -0.183. The Morgan fingerprint density at radius 2 is 1.85 bits per heavy atom. The first-order chi connectivity index (χ1) is 9.65. The van der Waals surface area contributed by atoms with Crippen molar-refractivity contribution in [2.24, 2.45) is 0 Å². The largest absolute Gasteiger partial charge is 0.382 e. The lowest BCUT2D eigenvalue weighted by molar-refractivity contribution is 0.0488. The second-order valence-corrected chi connectivity index (χ2v) is 4.90. The van der Waals surface area contributed by atoms with E-state index in [1.54, 1.807) is 25.3 Å². The summed E-state index contributed by atoms with van der Waals surface area (Å²) in [6.45, 7) is 2.16. The van der Waals surface area contributed by atoms with Crippen LogP contribution in [-0.4, -0.2) is 45.9 Å². The molecule has 0 radical (unpaired) electrons. The number of methoxy groups -OCH3 is 1. The van der Waals surface area contributed by atoms with Crippen molar-refractivity contribution in [1.29, 1.82) is 0 Å². The molecule has 0 saturated heterocycles. The number of ether oxygens (including phenoxy) is 3. The van der Waals surface area contributed by atoms with Crippen molar-refractivity contribution in [3.63, 3.8) is 0 Å². The summed E-state index contributed by atoms with van der Waals surface area (Å²) < 4.78 is 15.4. The Labute approximate surface area is 128 Å². The third kappa shape index (κ3) is 6.68. The van der Waals surface area contributed by atoms with Gasteiger partial charge in [0.05, 0.1) is 18.2 Å². The molecule has 1 rings (SSSR count). The van der Waals surface area contributed by atoms with Gasteiger partial charge in [0.1, 0.15) is 6.61 Å². The molecule has 0 aromatic heterocycles. The molecule has 0 aliphatic rings. The van der Waals surface area contributed by atoms with E-state index in [0.717, 1.165) is 6.42 Å². The Morgan fingerprint density at radius 1 is 1.10 bits per heavy atom. The van der Waals surface area contributed by atoms with Gasteiger partial charge in [-0.25, -0.2) is 0 Å². The molecule has 112 valence electrons. The van der Waals surface area contributed by atoms with E-state index in [0.29, 0.717) is 42.0 Å². The monoisotopic (exact) mass is 320 g/mol. The lowest BCUT2D eigenvalue weighted by Gasteiger charge is -2.06. The van der Waals surface area contributed by atoms with E-state index in [4.69, 9.17) is 37.4 Å². The van der Waals surface area contributed by atoms with Crippen molar-refractivity contribution in [3.8, 4) is 0 Å². The van der Waals surface area contributed by atoms with Crippen LogP contribution in [0.4, 0.5) is 0 Å². The minimum Gasteiger partial charge on any atom is -0.382 e. The second kappa shape index (κ2) is 10.1. The molecule has 0 saturated carbocycles. The van der Waals surface area contributed by atoms with Gasteiger partial charge in [0.15, 0.2) is 5.78 Å². The average molecular weight is 321 g/mol. The molecule has 0 spiro atoms. The van der Waals surface area contributed by atoms with Crippen LogP contribution in [0.1, 0.15) is 16.8 Å². The summed E-state index contributed by atoms with van der Waals surface area (Å²) in [5.74, 6) is -0.183. The van der Waals surface area contributed by atoms with Gasteiger partial charge in [-0.1, -0.05) is 23.2 Å². The first-order valence-electron chi connectivity index (χ1n) is 6.28. The molecule has 0 atom stereocenters. The summed E-state index contributed by atoms with van der Waals surface area (Å²) in [7, 11) is 1.62. The SMILES string of the molecule is COCCOCCCOCC(=O)c1cc(Cl)ccc1Cl. The minimum absolute atomic E-state index is 0.0157. The first-order valence-corrected chi connectivity index (χ1v) is 7.03. The molecule has 0 aliphatic heterocycles. The summed E-state index contributed by atoms with van der Waals surface area (Å²) in [5, 5.41) is 0.857. The first kappa shape index (κ1) is 17.4. The van der Waals surface area contributed by atoms with Gasteiger partial charge < -0.3 is 14.2 Å². The van der Waals surface area contributed by atoms with Gasteiger partial charge in [-0.05, 0) is 24.6 Å². The number of Topliss-reactive ketones (excluding diaryl/α,β-unsaturated/α-hetero) is 1. The lowest BCUT2D eigenvalue weighted by atomic mass is 10.1. The highest BCUT2D eigenvalue weighted by Crippen LogP contribution is 2.21. The van der Waals surface area contributed by atoms with Crippen molar-refractivity contribution in [2.45, 2.75) is 6.42 Å². The van der Waals surface area contributed by atoms with E-state index >= 15 is 0 Å². The van der Waals surface area contributed by atoms with Crippen LogP contribution >= 0.6 is 23.2 Å². The van der Waals surface area contributed by atoms with E-state index in [1.165, 1.54) is 0 Å². The Kier molecular flexibility index (Phi) is 8.82. The Morgan fingerprint density at radius 3 is 2.60 bits per heavy atom. The van der Waals surface area contributed by atoms with Crippen LogP contribution in [-0.2, 0) is 14.2 Å². The van der Waals surface area contributed by atoms with Crippen molar-refractivity contribution >= 4 is 29.0 Å². The smallest absolute Gasteiger partial charge is 0.190 e. The number of ketones is 1. The number of carbonyl (C=O) groups is 1. The van der Waals surface area contributed by atoms with Gasteiger partial charge in [0, 0.05) is 30.9 Å². The fourth-order valence-electron chi connectivity index (χ4n) is 1.46. The molecule has 1 aromatic carbocycles. The van der Waals surface area contributed by atoms with E-state index in [1.807, 2.05) is 0 Å². The molecule has 20 heavy (non-hydrogen) atoms. The Balaban J connectivity index is 2.18. The molecule has 1 aromatic rings. The van der Waals surface area contributed by atoms with Crippen LogP contribution in [0.2, 0.25) is 10.0 Å². The number of carbonyl (C=O) groups excluding carboxylic acids is 1. The molecule has 0 aliphatic carbocycles. The van der Waals surface area contributed by atoms with E-state index in [9.17, 15) is 4.79 Å². The maximum atomic E-state index is 11.9. The maximum Gasteiger partial charge on any atom is 0.190 e. The van der Waals surface area contributed by atoms with E-state index < -0.39 is 0 Å². The normalized spacial score (nSPS) is 10.8. The van der Waals surface area contributed by atoms with Crippen LogP contribution in [0, 0.1) is 0 Å². The maximum absolute atomic E-state index is 11.9. The topological polar surface area (TPSA) is 44.8 Å². The zero-order valence-corrected chi connectivity index (χ0v) is 12.9. The summed E-state index contributed by atoms with van der Waals surface area (Å²) in [4.78, 5) is 11.9. The highest BCUT2D eigenvalue weighted by Gasteiger charge is 2.11. The third-order valence-electron chi connectivity index (χ3n) is 2.47. The molecule has 4 nitrogen and oxygen atoms in total. The van der Waals surface area contributed by atoms with E-state index in [-0.39, 0.29) is 12.4 Å². The molecule has 6 heteroatoms. The molecule has 0 bridgehead atoms. The number of rotatable bonds is 10. The standard InChI is InChI=1S/C14H18Cl2O4/c1-18-7-8-19-5-2-6-20-10-14(17)12-9-11(15)3-4-13(12)16/h3-4,9H,2,5-8,10H2,1H3. The average Bonchev–Trinajstić information content (AvgIpc) is 2.44. The van der Waals surface area contributed by atoms with Crippen LogP contribution in [0.3, 0.4) is 0 Å². The predicted molar refractivity (Wildman–Crippen MR) is 78.9 cm³/mol. The quantitative estimate of drug-likeness (QED) is 0.490.